The first kappa shape index (κ1) is 24.8. The molecule has 3 N–H and O–H groups in total. The molecule has 5 aliphatic carbocycles. The van der Waals surface area contributed by atoms with E-state index in [1.54, 1.807) is 0 Å². The van der Waals surface area contributed by atoms with Crippen molar-refractivity contribution in [3.8, 4) is 0 Å². The molecule has 0 amide bonds. The van der Waals surface area contributed by atoms with E-state index >= 15 is 0 Å². The summed E-state index contributed by atoms with van der Waals surface area (Å²) >= 11 is 0. The SMILES string of the molecule is C[C@H]1[C@H]2C3=CC[C@@H]4[C@@]5(C)CC[C@H](O)C(C)(C)[C@@H]5CC[C@@]4(C)[C@]3(C(=O)O)CC[C@@]2(CO)CC[C@@H]1C. The maximum Gasteiger partial charge on any atom is 0.314 e. The Morgan fingerprint density at radius 2 is 1.68 bits per heavy atom. The van der Waals surface area contributed by atoms with Gasteiger partial charge in [-0.1, -0.05) is 53.2 Å². The summed E-state index contributed by atoms with van der Waals surface area (Å²) in [4.78, 5) is 13.5. The summed E-state index contributed by atoms with van der Waals surface area (Å²) in [6.45, 7) is 14.0. The number of aliphatic carboxylic acids is 1. The van der Waals surface area contributed by atoms with Gasteiger partial charge in [0.2, 0.25) is 0 Å². The maximum atomic E-state index is 13.5. The molecule has 0 heterocycles. The highest BCUT2D eigenvalue weighted by molar-refractivity contribution is 5.81. The van der Waals surface area contributed by atoms with Crippen LogP contribution in [0.5, 0.6) is 0 Å². The normalized spacial score (nSPS) is 54.1. The summed E-state index contributed by atoms with van der Waals surface area (Å²) in [6.07, 6.45) is 10.4. The number of aliphatic hydroxyl groups excluding tert-OH is 2. The van der Waals surface area contributed by atoms with Gasteiger partial charge in [-0.05, 0) is 104 Å². The molecular formula is C30H48O4. The van der Waals surface area contributed by atoms with Crippen molar-refractivity contribution in [2.24, 2.45) is 56.7 Å². The van der Waals surface area contributed by atoms with Crippen molar-refractivity contribution in [3.05, 3.63) is 11.6 Å². The number of carboxylic acid groups (broad SMARTS) is 1. The fourth-order valence-electron chi connectivity index (χ4n) is 11.0. The first-order chi connectivity index (χ1) is 15.8. The molecule has 0 aliphatic heterocycles. The second-order valence-corrected chi connectivity index (χ2v) is 14.4. The van der Waals surface area contributed by atoms with Gasteiger partial charge in [-0.3, -0.25) is 4.79 Å². The summed E-state index contributed by atoms with van der Waals surface area (Å²) in [6, 6.07) is 0. The molecule has 0 aromatic heterocycles. The van der Waals surface area contributed by atoms with Gasteiger partial charge in [0.1, 0.15) is 0 Å². The van der Waals surface area contributed by atoms with E-state index in [9.17, 15) is 20.1 Å². The van der Waals surface area contributed by atoms with E-state index in [2.05, 4.69) is 47.6 Å². The van der Waals surface area contributed by atoms with Crippen molar-refractivity contribution in [1.82, 2.24) is 0 Å². The zero-order chi connectivity index (χ0) is 24.9. The Kier molecular flexibility index (Phi) is 5.52. The minimum absolute atomic E-state index is 0.0389. The van der Waals surface area contributed by atoms with Crippen LogP contribution in [0.15, 0.2) is 11.6 Å². The van der Waals surface area contributed by atoms with Crippen LogP contribution in [-0.2, 0) is 4.79 Å². The maximum absolute atomic E-state index is 13.5. The molecule has 4 fully saturated rings. The number of allylic oxidation sites excluding steroid dienone is 1. The Labute approximate surface area is 206 Å². The van der Waals surface area contributed by atoms with Gasteiger partial charge in [0.15, 0.2) is 0 Å². The van der Waals surface area contributed by atoms with E-state index in [4.69, 9.17) is 0 Å². The van der Waals surface area contributed by atoms with Crippen molar-refractivity contribution >= 4 is 5.97 Å². The van der Waals surface area contributed by atoms with Gasteiger partial charge in [0.25, 0.3) is 0 Å². The summed E-state index contributed by atoms with van der Waals surface area (Å²) < 4.78 is 0. The van der Waals surface area contributed by atoms with Crippen molar-refractivity contribution < 1.29 is 20.1 Å². The van der Waals surface area contributed by atoms with E-state index in [0.717, 1.165) is 51.4 Å². The Morgan fingerprint density at radius 3 is 2.32 bits per heavy atom. The predicted molar refractivity (Wildman–Crippen MR) is 134 cm³/mol. The summed E-state index contributed by atoms with van der Waals surface area (Å²) in [5.41, 5.74) is -0.210. The van der Waals surface area contributed by atoms with Crippen LogP contribution in [-0.4, -0.2) is 34.0 Å². The van der Waals surface area contributed by atoms with Crippen LogP contribution in [0.4, 0.5) is 0 Å². The van der Waals surface area contributed by atoms with Crippen molar-refractivity contribution in [3.63, 3.8) is 0 Å². The molecule has 10 atom stereocenters. The summed E-state index contributed by atoms with van der Waals surface area (Å²) in [5, 5.41) is 32.7. The van der Waals surface area contributed by atoms with Gasteiger partial charge in [-0.2, -0.15) is 0 Å². The topological polar surface area (TPSA) is 77.8 Å². The standard InChI is InChI=1S/C30H48O4/c1-18-9-14-29(17-31)15-16-30(25(33)34)20(24(29)19(18)2)7-8-22-27(5)12-11-23(32)26(3,4)21(27)10-13-28(22,30)6/h7,18-19,21-24,31-32H,8-17H2,1-6H3,(H,33,34)/t18-,19+,21-,22+,23-,24-,27-,28+,29+,30+/m0/s1. The fraction of sp³-hybridized carbons (Fsp3) is 0.900. The van der Waals surface area contributed by atoms with Crippen LogP contribution in [0, 0.1) is 56.7 Å². The second kappa shape index (κ2) is 7.57. The van der Waals surface area contributed by atoms with E-state index in [0.29, 0.717) is 30.1 Å². The lowest BCUT2D eigenvalue weighted by atomic mass is 9.33. The Bertz CT molecular complexity index is 892. The zero-order valence-electron chi connectivity index (χ0n) is 22.4. The highest BCUT2D eigenvalue weighted by Gasteiger charge is 2.72. The molecule has 5 rings (SSSR count). The molecule has 4 nitrogen and oxygen atoms in total. The average Bonchev–Trinajstić information content (AvgIpc) is 2.78. The predicted octanol–water partition coefficient (Wildman–Crippen LogP) is 6.06. The molecule has 0 spiro atoms. The largest absolute Gasteiger partial charge is 0.481 e. The molecule has 0 unspecified atom stereocenters. The Morgan fingerprint density at radius 1 is 0.971 bits per heavy atom. The van der Waals surface area contributed by atoms with Gasteiger partial charge < -0.3 is 15.3 Å². The van der Waals surface area contributed by atoms with Crippen LogP contribution in [0.1, 0.15) is 99.3 Å². The molecule has 34 heavy (non-hydrogen) atoms. The molecule has 4 saturated carbocycles. The number of hydrogen-bond donors (Lipinski definition) is 3. The van der Waals surface area contributed by atoms with E-state index < -0.39 is 11.4 Å². The molecule has 0 bridgehead atoms. The van der Waals surface area contributed by atoms with Crippen LogP contribution < -0.4 is 0 Å². The van der Waals surface area contributed by atoms with Crippen molar-refractivity contribution in [1.29, 1.82) is 0 Å². The molecule has 0 radical (unpaired) electrons. The molecular weight excluding hydrogens is 424 g/mol. The highest BCUT2D eigenvalue weighted by atomic mass is 16.4. The number of aliphatic hydroxyl groups is 2. The van der Waals surface area contributed by atoms with Crippen LogP contribution in [0.3, 0.4) is 0 Å². The van der Waals surface area contributed by atoms with E-state index in [1.165, 1.54) is 5.57 Å². The lowest BCUT2D eigenvalue weighted by Gasteiger charge is -2.70. The third-order valence-corrected chi connectivity index (χ3v) is 13.3. The lowest BCUT2D eigenvalue weighted by Crippen LogP contribution is -2.67. The molecule has 0 saturated heterocycles. The van der Waals surface area contributed by atoms with Gasteiger partial charge >= 0.3 is 5.97 Å². The lowest BCUT2D eigenvalue weighted by molar-refractivity contribution is -0.216. The Balaban J connectivity index is 1.66. The van der Waals surface area contributed by atoms with Crippen LogP contribution in [0.2, 0.25) is 0 Å². The fourth-order valence-corrected chi connectivity index (χ4v) is 11.0. The number of rotatable bonds is 2. The average molecular weight is 473 g/mol. The smallest absolute Gasteiger partial charge is 0.314 e. The first-order valence-electron chi connectivity index (χ1n) is 14.0. The second-order valence-electron chi connectivity index (χ2n) is 14.4. The number of fused-ring (bicyclic) bond motifs is 7. The quantitative estimate of drug-likeness (QED) is 0.427. The highest BCUT2D eigenvalue weighted by Crippen LogP contribution is 2.75. The van der Waals surface area contributed by atoms with Gasteiger partial charge in [0, 0.05) is 12.0 Å². The number of carboxylic acids is 1. The molecule has 4 heteroatoms. The number of carbonyl (C=O) groups is 1. The number of hydrogen-bond acceptors (Lipinski definition) is 3. The molecule has 5 aliphatic rings. The zero-order valence-corrected chi connectivity index (χ0v) is 22.4. The molecule has 0 aromatic carbocycles. The van der Waals surface area contributed by atoms with Gasteiger partial charge in [-0.15, -0.1) is 0 Å². The molecule has 0 aromatic rings. The Hall–Kier alpha value is -0.870. The van der Waals surface area contributed by atoms with Gasteiger partial charge in [-0.25, -0.2) is 0 Å². The first-order valence-corrected chi connectivity index (χ1v) is 14.0. The van der Waals surface area contributed by atoms with Crippen LogP contribution in [0.25, 0.3) is 0 Å². The minimum atomic E-state index is -0.835. The molecule has 192 valence electrons. The van der Waals surface area contributed by atoms with Crippen molar-refractivity contribution in [2.75, 3.05) is 6.61 Å². The summed E-state index contributed by atoms with van der Waals surface area (Å²) in [7, 11) is 0. The van der Waals surface area contributed by atoms with E-state index in [1.807, 2.05) is 0 Å². The van der Waals surface area contributed by atoms with Crippen molar-refractivity contribution in [2.45, 2.75) is 105 Å². The van der Waals surface area contributed by atoms with E-state index in [-0.39, 0.29) is 40.3 Å². The third-order valence-electron chi connectivity index (χ3n) is 13.3. The van der Waals surface area contributed by atoms with Gasteiger partial charge in [0.05, 0.1) is 11.5 Å². The summed E-state index contributed by atoms with van der Waals surface area (Å²) in [5.74, 6) is 1.20. The third kappa shape index (κ3) is 2.76. The minimum Gasteiger partial charge on any atom is -0.481 e. The monoisotopic (exact) mass is 472 g/mol. The van der Waals surface area contributed by atoms with Crippen LogP contribution >= 0.6 is 0 Å².